The average Bonchev–Trinajstić information content (AvgIpc) is 2.86. The van der Waals surface area contributed by atoms with Gasteiger partial charge in [-0.3, -0.25) is 4.79 Å². The van der Waals surface area contributed by atoms with Gasteiger partial charge in [0.2, 0.25) is 0 Å². The van der Waals surface area contributed by atoms with Crippen molar-refractivity contribution in [3.63, 3.8) is 0 Å². The van der Waals surface area contributed by atoms with E-state index in [1.807, 2.05) is 30.3 Å². The quantitative estimate of drug-likeness (QED) is 0.778. The summed E-state index contributed by atoms with van der Waals surface area (Å²) in [5, 5.41) is 11.6. The van der Waals surface area contributed by atoms with Crippen molar-refractivity contribution in [2.45, 2.75) is 18.7 Å². The molecule has 0 fully saturated rings. The largest absolute Gasteiger partial charge is 0.366 e. The van der Waals surface area contributed by atoms with Crippen LogP contribution in [0.25, 0.3) is 0 Å². The summed E-state index contributed by atoms with van der Waals surface area (Å²) in [5.74, 6) is -0.680. The fourth-order valence-corrected chi connectivity index (χ4v) is 3.55. The first kappa shape index (κ1) is 16.5. The van der Waals surface area contributed by atoms with Crippen molar-refractivity contribution in [3.05, 3.63) is 107 Å². The molecule has 1 aliphatic rings. The Morgan fingerprint density at radius 2 is 1.54 bits per heavy atom. The molecule has 3 aromatic carbocycles. The molecule has 1 N–H and O–H groups in total. The molecule has 3 nitrogen and oxygen atoms in total. The van der Waals surface area contributed by atoms with Crippen LogP contribution in [0.5, 0.6) is 0 Å². The molecule has 0 bridgehead atoms. The average molecular weight is 347 g/mol. The lowest BCUT2D eigenvalue weighted by Crippen LogP contribution is -2.45. The Bertz CT molecular complexity index is 957. The first-order valence-electron chi connectivity index (χ1n) is 8.51. The zero-order valence-electron chi connectivity index (χ0n) is 14.1. The predicted octanol–water partition coefficient (Wildman–Crippen LogP) is 3.87. The molecule has 26 heavy (non-hydrogen) atoms. The fraction of sp³-hybridized carbons (Fsp3) is 0.136. The first-order valence-corrected chi connectivity index (χ1v) is 8.51. The molecule has 4 rings (SSSR count). The summed E-state index contributed by atoms with van der Waals surface area (Å²) >= 11 is 0. The Kier molecular flexibility index (Phi) is 4.05. The van der Waals surface area contributed by atoms with Gasteiger partial charge in [0, 0.05) is 23.1 Å². The van der Waals surface area contributed by atoms with Crippen molar-refractivity contribution in [2.24, 2.45) is 0 Å². The van der Waals surface area contributed by atoms with Gasteiger partial charge in [0.05, 0.1) is 6.54 Å². The van der Waals surface area contributed by atoms with Crippen molar-refractivity contribution in [3.8, 4) is 0 Å². The highest BCUT2D eigenvalue weighted by molar-refractivity contribution is 5.99. The number of rotatable bonds is 4. The lowest BCUT2D eigenvalue weighted by Gasteiger charge is -2.35. The number of amides is 1. The first-order chi connectivity index (χ1) is 12.6. The molecule has 4 heteroatoms. The number of aliphatic hydroxyl groups is 1. The van der Waals surface area contributed by atoms with Crippen LogP contribution in [0.2, 0.25) is 0 Å². The summed E-state index contributed by atoms with van der Waals surface area (Å²) in [6, 6.07) is 22.9. The van der Waals surface area contributed by atoms with Gasteiger partial charge in [-0.15, -0.1) is 0 Å². The van der Waals surface area contributed by atoms with E-state index in [0.29, 0.717) is 16.7 Å². The van der Waals surface area contributed by atoms with Crippen molar-refractivity contribution < 1.29 is 14.3 Å². The van der Waals surface area contributed by atoms with Gasteiger partial charge in [-0.1, -0.05) is 66.7 Å². The number of halogens is 1. The third kappa shape index (κ3) is 2.68. The highest BCUT2D eigenvalue weighted by Gasteiger charge is 2.48. The monoisotopic (exact) mass is 347 g/mol. The van der Waals surface area contributed by atoms with Gasteiger partial charge in [-0.2, -0.15) is 0 Å². The summed E-state index contributed by atoms with van der Waals surface area (Å²) in [7, 11) is 0. The van der Waals surface area contributed by atoms with Crippen LogP contribution >= 0.6 is 0 Å². The second kappa shape index (κ2) is 6.39. The molecular formula is C22H18FNO2. The molecule has 1 atom stereocenters. The van der Waals surface area contributed by atoms with Crippen molar-refractivity contribution in [2.75, 3.05) is 0 Å². The summed E-state index contributed by atoms with van der Waals surface area (Å²) < 4.78 is 14.2. The normalized spacial score (nSPS) is 18.8. The number of hydrogen-bond acceptors (Lipinski definition) is 2. The number of carbonyl (C=O) groups excluding carboxylic acids is 1. The molecule has 0 aromatic heterocycles. The van der Waals surface area contributed by atoms with E-state index < -0.39 is 11.5 Å². The van der Waals surface area contributed by atoms with Crippen molar-refractivity contribution in [1.82, 2.24) is 4.90 Å². The molecule has 1 heterocycles. The Hall–Kier alpha value is -2.98. The molecule has 1 amide bonds. The maximum atomic E-state index is 14.2. The van der Waals surface area contributed by atoms with Crippen LogP contribution in [0, 0.1) is 5.82 Å². The standard InChI is InChI=1S/C22H18FNO2/c23-20-13-7-4-10-17(20)15-24-21(25)18-11-5-6-12-19(18)22(24,26)14-16-8-2-1-3-9-16/h1-13,26H,14-15H2/t22-/m1/s1. The van der Waals surface area contributed by atoms with Crippen LogP contribution in [0.1, 0.15) is 27.0 Å². The van der Waals surface area contributed by atoms with Crippen LogP contribution in [0.3, 0.4) is 0 Å². The molecule has 130 valence electrons. The van der Waals surface area contributed by atoms with Gasteiger partial charge >= 0.3 is 0 Å². The highest BCUT2D eigenvalue weighted by Crippen LogP contribution is 2.40. The molecule has 0 radical (unpaired) electrons. The van der Waals surface area contributed by atoms with E-state index in [4.69, 9.17) is 0 Å². The van der Waals surface area contributed by atoms with Gasteiger partial charge in [0.25, 0.3) is 5.91 Å². The Morgan fingerprint density at radius 3 is 2.31 bits per heavy atom. The minimum Gasteiger partial charge on any atom is -0.366 e. The molecule has 3 aromatic rings. The van der Waals surface area contributed by atoms with E-state index in [1.54, 1.807) is 42.5 Å². The van der Waals surface area contributed by atoms with E-state index in [2.05, 4.69) is 0 Å². The van der Waals surface area contributed by atoms with Crippen LogP contribution in [0.15, 0.2) is 78.9 Å². The maximum absolute atomic E-state index is 14.2. The second-order valence-corrected chi connectivity index (χ2v) is 6.51. The van der Waals surface area contributed by atoms with Crippen LogP contribution in [-0.4, -0.2) is 15.9 Å². The van der Waals surface area contributed by atoms with Gasteiger partial charge in [-0.05, 0) is 17.7 Å². The van der Waals surface area contributed by atoms with E-state index in [9.17, 15) is 14.3 Å². The molecule has 0 saturated carbocycles. The molecule has 1 aliphatic heterocycles. The van der Waals surface area contributed by atoms with Gasteiger partial charge in [0.15, 0.2) is 5.72 Å². The second-order valence-electron chi connectivity index (χ2n) is 6.51. The number of benzene rings is 3. The smallest absolute Gasteiger partial charge is 0.257 e. The lowest BCUT2D eigenvalue weighted by molar-refractivity contribution is -0.0881. The number of hydrogen-bond donors (Lipinski definition) is 1. The Balaban J connectivity index is 1.78. The summed E-state index contributed by atoms with van der Waals surface area (Å²) in [6.45, 7) is 0.00349. The van der Waals surface area contributed by atoms with Crippen molar-refractivity contribution in [1.29, 1.82) is 0 Å². The molecular weight excluding hydrogens is 329 g/mol. The fourth-order valence-electron chi connectivity index (χ4n) is 3.55. The van der Waals surface area contributed by atoms with Crippen molar-refractivity contribution >= 4 is 5.91 Å². The van der Waals surface area contributed by atoms with E-state index in [0.717, 1.165) is 5.56 Å². The molecule has 0 spiro atoms. The topological polar surface area (TPSA) is 40.5 Å². The third-order valence-electron chi connectivity index (χ3n) is 4.86. The summed E-state index contributed by atoms with van der Waals surface area (Å²) in [5.41, 5.74) is 0.780. The summed E-state index contributed by atoms with van der Waals surface area (Å²) in [6.07, 6.45) is 0.241. The lowest BCUT2D eigenvalue weighted by atomic mass is 9.94. The minimum absolute atomic E-state index is 0.00349. The molecule has 0 aliphatic carbocycles. The minimum atomic E-state index is -1.52. The van der Waals surface area contributed by atoms with Gasteiger partial charge < -0.3 is 10.0 Å². The highest BCUT2D eigenvalue weighted by atomic mass is 19.1. The van der Waals surface area contributed by atoms with Crippen LogP contribution in [-0.2, 0) is 18.7 Å². The maximum Gasteiger partial charge on any atom is 0.257 e. The number of carbonyl (C=O) groups is 1. The molecule has 0 saturated heterocycles. The van der Waals surface area contributed by atoms with Crippen LogP contribution < -0.4 is 0 Å². The Labute approximate surface area is 151 Å². The molecule has 0 unspecified atom stereocenters. The van der Waals surface area contributed by atoms with E-state index >= 15 is 0 Å². The number of fused-ring (bicyclic) bond motifs is 1. The van der Waals surface area contributed by atoms with E-state index in [1.165, 1.54) is 11.0 Å². The number of nitrogens with zero attached hydrogens (tertiary/aromatic N) is 1. The third-order valence-corrected chi connectivity index (χ3v) is 4.86. The Morgan fingerprint density at radius 1 is 0.885 bits per heavy atom. The SMILES string of the molecule is O=C1c2ccccc2[C@](O)(Cc2ccccc2)N1Cc1ccccc1F. The summed E-state index contributed by atoms with van der Waals surface area (Å²) in [4.78, 5) is 14.3. The zero-order valence-corrected chi connectivity index (χ0v) is 14.1. The zero-order chi connectivity index (χ0) is 18.1. The van der Waals surface area contributed by atoms with Crippen LogP contribution in [0.4, 0.5) is 4.39 Å². The van der Waals surface area contributed by atoms with Gasteiger partial charge in [-0.25, -0.2) is 4.39 Å². The predicted molar refractivity (Wildman–Crippen MR) is 96.8 cm³/mol. The van der Waals surface area contributed by atoms with Gasteiger partial charge in [0.1, 0.15) is 5.82 Å². The van der Waals surface area contributed by atoms with E-state index in [-0.39, 0.29) is 18.9 Å².